The lowest BCUT2D eigenvalue weighted by Crippen LogP contribution is -2.47. The molecule has 0 aliphatic carbocycles. The molecule has 1 amide bonds. The molecule has 5 nitrogen and oxygen atoms in total. The normalized spacial score (nSPS) is 27.0. The second-order valence-corrected chi connectivity index (χ2v) is 4.00. The quantitative estimate of drug-likeness (QED) is 0.607. The Labute approximate surface area is 89.7 Å². The summed E-state index contributed by atoms with van der Waals surface area (Å²) in [5.74, 6) is 0.154. The molecule has 2 N–H and O–H groups in total. The molecule has 0 aromatic rings. The molecule has 2 atom stereocenters. The Hall–Kier alpha value is -1.12. The Morgan fingerprint density at radius 2 is 2.47 bits per heavy atom. The molecule has 0 spiro atoms. The van der Waals surface area contributed by atoms with Gasteiger partial charge in [-0.1, -0.05) is 6.92 Å². The molecule has 15 heavy (non-hydrogen) atoms. The zero-order chi connectivity index (χ0) is 11.3. The second kappa shape index (κ2) is 5.69. The summed E-state index contributed by atoms with van der Waals surface area (Å²) >= 11 is 0. The number of hydrogen-bond acceptors (Lipinski definition) is 4. The molecule has 1 heterocycles. The van der Waals surface area contributed by atoms with E-state index in [-0.39, 0.29) is 25.1 Å². The van der Waals surface area contributed by atoms with E-state index in [1.54, 1.807) is 0 Å². The van der Waals surface area contributed by atoms with E-state index in [1.807, 2.05) is 17.9 Å². The van der Waals surface area contributed by atoms with Crippen molar-refractivity contribution >= 4 is 5.91 Å². The first-order chi connectivity index (χ1) is 7.13. The van der Waals surface area contributed by atoms with Crippen molar-refractivity contribution in [1.29, 1.82) is 5.26 Å². The van der Waals surface area contributed by atoms with E-state index in [1.165, 1.54) is 0 Å². The van der Waals surface area contributed by atoms with E-state index in [2.05, 4.69) is 5.32 Å². The van der Waals surface area contributed by atoms with Crippen LogP contribution in [0.2, 0.25) is 0 Å². The lowest BCUT2D eigenvalue weighted by Gasteiger charge is -2.33. The Morgan fingerprint density at radius 1 is 1.73 bits per heavy atom. The molecule has 0 radical (unpaired) electrons. The maximum atomic E-state index is 11.3. The summed E-state index contributed by atoms with van der Waals surface area (Å²) in [6.07, 6.45) is 0.565. The summed E-state index contributed by atoms with van der Waals surface area (Å²) in [6, 6.07) is 1.85. The third-order valence-corrected chi connectivity index (χ3v) is 2.73. The fourth-order valence-corrected chi connectivity index (χ4v) is 1.66. The van der Waals surface area contributed by atoms with Crippen LogP contribution in [-0.2, 0) is 4.79 Å². The maximum absolute atomic E-state index is 11.3. The van der Waals surface area contributed by atoms with Gasteiger partial charge in [0.15, 0.2) is 0 Å². The summed E-state index contributed by atoms with van der Waals surface area (Å²) in [5.41, 5.74) is 0. The van der Waals surface area contributed by atoms with Crippen LogP contribution in [0.5, 0.6) is 0 Å². The number of aliphatic hydroxyl groups is 1. The Balaban J connectivity index is 2.28. The van der Waals surface area contributed by atoms with Gasteiger partial charge in [-0.3, -0.25) is 9.69 Å². The molecule has 1 aliphatic rings. The van der Waals surface area contributed by atoms with Crippen LogP contribution in [0.15, 0.2) is 0 Å². The van der Waals surface area contributed by atoms with Gasteiger partial charge in [-0.25, -0.2) is 0 Å². The first kappa shape index (κ1) is 12.0. The molecule has 2 unspecified atom stereocenters. The minimum Gasteiger partial charge on any atom is -0.392 e. The predicted molar refractivity (Wildman–Crippen MR) is 54.9 cm³/mol. The van der Waals surface area contributed by atoms with Gasteiger partial charge in [0.1, 0.15) is 6.54 Å². The number of aliphatic hydroxyl groups excluding tert-OH is 1. The molecule has 1 aliphatic heterocycles. The largest absolute Gasteiger partial charge is 0.392 e. The number of β-amino-alcohol motifs (C(OH)–C–C–N with tert-alkyl or cyclic N) is 1. The van der Waals surface area contributed by atoms with Crippen LogP contribution >= 0.6 is 0 Å². The second-order valence-electron chi connectivity index (χ2n) is 4.00. The molecule has 84 valence electrons. The highest BCUT2D eigenvalue weighted by molar-refractivity contribution is 5.78. The molecular formula is C10H17N3O2. The third kappa shape index (κ3) is 3.86. The first-order valence-corrected chi connectivity index (χ1v) is 5.17. The molecule has 0 bridgehead atoms. The summed E-state index contributed by atoms with van der Waals surface area (Å²) in [7, 11) is 0. The number of nitrogens with one attached hydrogen (secondary N) is 1. The molecular weight excluding hydrogens is 194 g/mol. The van der Waals surface area contributed by atoms with E-state index < -0.39 is 0 Å². The van der Waals surface area contributed by atoms with Gasteiger partial charge in [-0.2, -0.15) is 5.26 Å². The zero-order valence-electron chi connectivity index (χ0n) is 8.94. The Kier molecular flexibility index (Phi) is 4.53. The van der Waals surface area contributed by atoms with Crippen molar-refractivity contribution in [2.45, 2.75) is 19.4 Å². The highest BCUT2D eigenvalue weighted by Gasteiger charge is 2.25. The van der Waals surface area contributed by atoms with Gasteiger partial charge in [-0.05, 0) is 18.9 Å². The first-order valence-electron chi connectivity index (χ1n) is 5.17. The average Bonchev–Trinajstić information content (AvgIpc) is 2.20. The van der Waals surface area contributed by atoms with Gasteiger partial charge >= 0.3 is 0 Å². The van der Waals surface area contributed by atoms with Gasteiger partial charge in [0.2, 0.25) is 5.91 Å². The molecule has 1 rings (SSSR count). The number of carbonyl (C=O) groups is 1. The lowest BCUT2D eigenvalue weighted by molar-refractivity contribution is -0.123. The molecule has 0 saturated carbocycles. The highest BCUT2D eigenvalue weighted by Crippen LogP contribution is 2.16. The summed E-state index contributed by atoms with van der Waals surface area (Å²) in [5, 5.41) is 20.4. The Morgan fingerprint density at radius 3 is 3.07 bits per heavy atom. The fourth-order valence-electron chi connectivity index (χ4n) is 1.66. The number of nitrogens with zero attached hydrogens (tertiary/aromatic N) is 2. The van der Waals surface area contributed by atoms with Crippen molar-refractivity contribution in [3.63, 3.8) is 0 Å². The summed E-state index contributed by atoms with van der Waals surface area (Å²) < 4.78 is 0. The molecule has 1 saturated heterocycles. The summed E-state index contributed by atoms with van der Waals surface area (Å²) in [6.45, 7) is 3.70. The zero-order valence-corrected chi connectivity index (χ0v) is 8.94. The third-order valence-electron chi connectivity index (χ3n) is 2.73. The molecule has 5 heteroatoms. The van der Waals surface area contributed by atoms with Crippen molar-refractivity contribution in [1.82, 2.24) is 10.2 Å². The summed E-state index contributed by atoms with van der Waals surface area (Å²) in [4.78, 5) is 13.2. The monoisotopic (exact) mass is 211 g/mol. The number of amides is 1. The highest BCUT2D eigenvalue weighted by atomic mass is 16.3. The van der Waals surface area contributed by atoms with Crippen molar-refractivity contribution in [2.75, 3.05) is 26.2 Å². The lowest BCUT2D eigenvalue weighted by atomic mass is 9.96. The van der Waals surface area contributed by atoms with Gasteiger partial charge in [-0.15, -0.1) is 0 Å². The van der Waals surface area contributed by atoms with E-state index in [0.717, 1.165) is 13.0 Å². The topological polar surface area (TPSA) is 76.4 Å². The maximum Gasteiger partial charge on any atom is 0.235 e. The van der Waals surface area contributed by atoms with Gasteiger partial charge < -0.3 is 10.4 Å². The van der Waals surface area contributed by atoms with Crippen molar-refractivity contribution < 1.29 is 9.90 Å². The number of carbonyl (C=O) groups excluding carboxylic acids is 1. The van der Waals surface area contributed by atoms with Crippen LogP contribution in [0.3, 0.4) is 0 Å². The van der Waals surface area contributed by atoms with Crippen molar-refractivity contribution in [2.24, 2.45) is 5.92 Å². The van der Waals surface area contributed by atoms with E-state index in [0.29, 0.717) is 12.5 Å². The predicted octanol–water partition coefficient (Wildman–Crippen LogP) is -0.671. The number of rotatable bonds is 3. The van der Waals surface area contributed by atoms with Crippen LogP contribution in [0.25, 0.3) is 0 Å². The number of nitriles is 1. The average molecular weight is 211 g/mol. The minimum atomic E-state index is -0.345. The molecule has 1 fully saturated rings. The van der Waals surface area contributed by atoms with Crippen LogP contribution in [0.1, 0.15) is 13.3 Å². The van der Waals surface area contributed by atoms with Crippen LogP contribution in [0.4, 0.5) is 0 Å². The van der Waals surface area contributed by atoms with E-state index in [4.69, 9.17) is 5.26 Å². The van der Waals surface area contributed by atoms with Gasteiger partial charge in [0.05, 0.1) is 18.7 Å². The van der Waals surface area contributed by atoms with Crippen LogP contribution < -0.4 is 5.32 Å². The number of likely N-dealkylation sites (tertiary alicyclic amines) is 1. The fraction of sp³-hybridized carbons (Fsp3) is 0.800. The minimum absolute atomic E-state index is 0.0473. The van der Waals surface area contributed by atoms with Gasteiger partial charge in [0, 0.05) is 6.54 Å². The van der Waals surface area contributed by atoms with E-state index in [9.17, 15) is 9.90 Å². The van der Waals surface area contributed by atoms with Crippen LogP contribution in [-0.4, -0.2) is 48.2 Å². The van der Waals surface area contributed by atoms with E-state index >= 15 is 0 Å². The molecule has 0 aromatic carbocycles. The standard InChI is InChI=1S/C10H17N3O2/c1-8-2-5-13(6-9(8)14)7-10(15)12-4-3-11/h8-9,14H,2,4-7H2,1H3,(H,12,15). The Bertz CT molecular complexity index is 262. The SMILES string of the molecule is CC1CCN(CC(=O)NCC#N)CC1O. The van der Waals surface area contributed by atoms with Crippen molar-refractivity contribution in [3.8, 4) is 6.07 Å². The number of piperidine rings is 1. The van der Waals surface area contributed by atoms with Gasteiger partial charge in [0.25, 0.3) is 0 Å². The van der Waals surface area contributed by atoms with Crippen molar-refractivity contribution in [3.05, 3.63) is 0 Å². The number of hydrogen-bond donors (Lipinski definition) is 2. The molecule has 0 aromatic heterocycles. The van der Waals surface area contributed by atoms with Crippen LogP contribution in [0, 0.1) is 17.2 Å². The smallest absolute Gasteiger partial charge is 0.235 e.